The molecule has 0 spiro atoms. The Balaban J connectivity index is 3.34. The van der Waals surface area contributed by atoms with Crippen molar-refractivity contribution >= 4 is 0 Å². The fourth-order valence-corrected chi connectivity index (χ4v) is 2.41. The molecule has 1 nitrogen and oxygen atoms in total. The Kier molecular flexibility index (Phi) is 6.74. The van der Waals surface area contributed by atoms with E-state index in [0.29, 0.717) is 0 Å². The van der Waals surface area contributed by atoms with Gasteiger partial charge in [0.2, 0.25) is 0 Å². The molecular formula is C14H11F15O. The van der Waals surface area contributed by atoms with Crippen molar-refractivity contribution in [1.29, 1.82) is 0 Å². The third-order valence-electron chi connectivity index (χ3n) is 4.30. The first kappa shape index (κ1) is 26.9. The molecule has 0 N–H and O–H groups in total. The van der Waals surface area contributed by atoms with Gasteiger partial charge in [-0.05, 0) is 25.2 Å². The lowest BCUT2D eigenvalue weighted by Crippen LogP contribution is -2.73. The average Bonchev–Trinajstić information content (AvgIpc) is 2.99. The average molecular weight is 480 g/mol. The summed E-state index contributed by atoms with van der Waals surface area (Å²) >= 11 is 0. The molecule has 0 aromatic carbocycles. The lowest BCUT2D eigenvalue weighted by Gasteiger charge is -2.41. The van der Waals surface area contributed by atoms with E-state index >= 15 is 0 Å². The van der Waals surface area contributed by atoms with Crippen LogP contribution in [0.2, 0.25) is 0 Å². The smallest absolute Gasteiger partial charge is 0.312 e. The molecule has 16 heteroatoms. The highest BCUT2D eigenvalue weighted by Crippen LogP contribution is 2.62. The van der Waals surface area contributed by atoms with E-state index in [1.807, 2.05) is 0 Å². The van der Waals surface area contributed by atoms with Crippen molar-refractivity contribution < 1.29 is 70.6 Å². The lowest BCUT2D eigenvalue weighted by molar-refractivity contribution is -0.474. The molecule has 2 atom stereocenters. The van der Waals surface area contributed by atoms with Gasteiger partial charge in [-0.1, -0.05) is 13.3 Å². The van der Waals surface area contributed by atoms with Crippen LogP contribution in [0.5, 0.6) is 0 Å². The highest BCUT2D eigenvalue weighted by Gasteiger charge is 2.93. The van der Waals surface area contributed by atoms with Crippen LogP contribution in [0.25, 0.3) is 0 Å². The molecular weight excluding hydrogens is 469 g/mol. The second-order valence-corrected chi connectivity index (χ2v) is 6.40. The summed E-state index contributed by atoms with van der Waals surface area (Å²) in [6.45, 7) is 3.31. The normalized spacial score (nSPS) is 23.2. The fourth-order valence-electron chi connectivity index (χ4n) is 2.41. The highest BCUT2D eigenvalue weighted by molar-refractivity contribution is 5.12. The molecule has 1 aliphatic carbocycles. The summed E-state index contributed by atoms with van der Waals surface area (Å²) in [5.41, 5.74) is 0. The summed E-state index contributed by atoms with van der Waals surface area (Å²) in [4.78, 5) is 0. The van der Waals surface area contributed by atoms with Gasteiger partial charge in [0.15, 0.2) is 0 Å². The van der Waals surface area contributed by atoms with Crippen LogP contribution in [-0.4, -0.2) is 48.0 Å². The standard InChI is InChI=1S/C14H11F15O/c1-2-6-3-4-7(5-6)30-14(28,29)12(23,24)10(19,20)8(15,16)9(17,18)11(21,22)13(25,26)27/h4,6-7H,1-3,5H2. The summed E-state index contributed by atoms with van der Waals surface area (Å²) in [5.74, 6) is -40.9. The van der Waals surface area contributed by atoms with Crippen molar-refractivity contribution in [1.82, 2.24) is 0 Å². The summed E-state index contributed by atoms with van der Waals surface area (Å²) < 4.78 is 198. The number of halogens is 15. The topological polar surface area (TPSA) is 9.23 Å². The summed E-state index contributed by atoms with van der Waals surface area (Å²) in [6.07, 6.45) is -16.3. The van der Waals surface area contributed by atoms with Crippen LogP contribution in [0, 0.1) is 19.3 Å². The first-order chi connectivity index (χ1) is 13.0. The maximum Gasteiger partial charge on any atom is 0.460 e. The van der Waals surface area contributed by atoms with E-state index in [1.54, 1.807) is 0 Å². The number of hydrogen-bond donors (Lipinski definition) is 0. The van der Waals surface area contributed by atoms with Gasteiger partial charge >= 0.3 is 41.9 Å². The van der Waals surface area contributed by atoms with E-state index in [0.717, 1.165) is 6.42 Å². The van der Waals surface area contributed by atoms with Crippen molar-refractivity contribution in [2.75, 3.05) is 0 Å². The number of alkyl halides is 15. The SMILES string of the molecule is [CH2]CC1C[CH]C(OC(F)(F)C(F)(F)C(F)(F)C(F)(F)C(F)(F)C(F)(F)C(F)(F)F)C1. The second kappa shape index (κ2) is 7.50. The van der Waals surface area contributed by atoms with Crippen molar-refractivity contribution in [2.24, 2.45) is 5.92 Å². The van der Waals surface area contributed by atoms with Gasteiger partial charge < -0.3 is 4.74 Å². The largest absolute Gasteiger partial charge is 0.460 e. The molecule has 1 rings (SSSR count). The molecule has 178 valence electrons. The maximum atomic E-state index is 13.6. The summed E-state index contributed by atoms with van der Waals surface area (Å²) in [7, 11) is 0. The van der Waals surface area contributed by atoms with E-state index in [1.165, 1.54) is 0 Å². The molecule has 0 heterocycles. The Morgan fingerprint density at radius 3 is 1.43 bits per heavy atom. The van der Waals surface area contributed by atoms with E-state index in [9.17, 15) is 65.9 Å². The Bertz CT molecular complexity index is 609. The molecule has 0 aliphatic heterocycles. The van der Waals surface area contributed by atoms with Crippen molar-refractivity contribution in [3.63, 3.8) is 0 Å². The lowest BCUT2D eigenvalue weighted by atomic mass is 9.93. The zero-order chi connectivity index (χ0) is 24.2. The molecule has 1 aliphatic rings. The summed E-state index contributed by atoms with van der Waals surface area (Å²) in [6, 6.07) is 0. The van der Waals surface area contributed by atoms with Gasteiger partial charge in [-0.15, -0.1) is 0 Å². The predicted octanol–water partition coefficient (Wildman–Crippen LogP) is 6.54. The Labute approximate surface area is 158 Å². The predicted molar refractivity (Wildman–Crippen MR) is 67.6 cm³/mol. The number of rotatable bonds is 8. The molecule has 2 radical (unpaired) electrons. The Morgan fingerprint density at radius 1 is 0.667 bits per heavy atom. The van der Waals surface area contributed by atoms with E-state index in [4.69, 9.17) is 0 Å². The third kappa shape index (κ3) is 3.80. The number of ether oxygens (including phenoxy) is 1. The molecule has 0 bridgehead atoms. The molecule has 0 amide bonds. The second-order valence-electron chi connectivity index (χ2n) is 6.40. The van der Waals surface area contributed by atoms with Gasteiger partial charge in [0.1, 0.15) is 0 Å². The van der Waals surface area contributed by atoms with Gasteiger partial charge in [-0.3, -0.25) is 0 Å². The minimum atomic E-state index is -8.30. The molecule has 0 saturated heterocycles. The van der Waals surface area contributed by atoms with Crippen LogP contribution in [0.15, 0.2) is 0 Å². The van der Waals surface area contributed by atoms with Crippen LogP contribution in [0.4, 0.5) is 65.9 Å². The maximum absolute atomic E-state index is 13.6. The van der Waals surface area contributed by atoms with Crippen molar-refractivity contribution in [3.05, 3.63) is 13.3 Å². The molecule has 0 aromatic heterocycles. The van der Waals surface area contributed by atoms with Gasteiger partial charge in [-0.2, -0.15) is 65.9 Å². The van der Waals surface area contributed by atoms with Crippen LogP contribution in [0.3, 0.4) is 0 Å². The highest BCUT2D eigenvalue weighted by atomic mass is 19.4. The quantitative estimate of drug-likeness (QED) is 0.359. The van der Waals surface area contributed by atoms with Gasteiger partial charge in [0, 0.05) is 0 Å². The minimum Gasteiger partial charge on any atom is -0.312 e. The van der Waals surface area contributed by atoms with Gasteiger partial charge in [0.05, 0.1) is 6.10 Å². The number of hydrogen-bond acceptors (Lipinski definition) is 1. The van der Waals surface area contributed by atoms with Crippen LogP contribution < -0.4 is 0 Å². The van der Waals surface area contributed by atoms with Crippen molar-refractivity contribution in [3.8, 4) is 0 Å². The zero-order valence-electron chi connectivity index (χ0n) is 14.1. The first-order valence-corrected chi connectivity index (χ1v) is 7.65. The van der Waals surface area contributed by atoms with Gasteiger partial charge in [0.25, 0.3) is 0 Å². The van der Waals surface area contributed by atoms with Crippen LogP contribution >= 0.6 is 0 Å². The minimum absolute atomic E-state index is 0.0191. The van der Waals surface area contributed by atoms with Crippen molar-refractivity contribution in [2.45, 2.75) is 67.3 Å². The molecule has 1 saturated carbocycles. The summed E-state index contributed by atoms with van der Waals surface area (Å²) in [5, 5.41) is 0. The van der Waals surface area contributed by atoms with E-state index < -0.39 is 60.3 Å². The molecule has 0 aromatic rings. The zero-order valence-corrected chi connectivity index (χ0v) is 14.1. The van der Waals surface area contributed by atoms with Gasteiger partial charge in [-0.25, -0.2) is 0 Å². The fraction of sp³-hybridized carbons (Fsp3) is 0.857. The van der Waals surface area contributed by atoms with Crippen LogP contribution in [0.1, 0.15) is 19.3 Å². The Hall–Kier alpha value is -1.09. The Morgan fingerprint density at radius 2 is 1.07 bits per heavy atom. The van der Waals surface area contributed by atoms with E-state index in [2.05, 4.69) is 11.7 Å². The first-order valence-electron chi connectivity index (χ1n) is 7.65. The molecule has 1 fully saturated rings. The van der Waals surface area contributed by atoms with E-state index in [-0.39, 0.29) is 12.8 Å². The third-order valence-corrected chi connectivity index (χ3v) is 4.30. The molecule has 30 heavy (non-hydrogen) atoms. The monoisotopic (exact) mass is 480 g/mol. The van der Waals surface area contributed by atoms with Crippen LogP contribution in [-0.2, 0) is 4.74 Å². The molecule has 2 unspecified atom stereocenters.